The Hall–Kier alpha value is -1.26. The summed E-state index contributed by atoms with van der Waals surface area (Å²) in [6.07, 6.45) is 0. The van der Waals surface area contributed by atoms with Gasteiger partial charge >= 0.3 is 0 Å². The maximum Gasteiger partial charge on any atom is 0.234 e. The van der Waals surface area contributed by atoms with E-state index in [4.69, 9.17) is 17.3 Å². The molecule has 0 aliphatic carbocycles. The molecule has 1 aliphatic heterocycles. The highest BCUT2D eigenvalue weighted by Crippen LogP contribution is 2.21. The van der Waals surface area contributed by atoms with Gasteiger partial charge in [-0.15, -0.1) is 0 Å². The van der Waals surface area contributed by atoms with Crippen molar-refractivity contribution in [3.8, 4) is 0 Å². The number of nitrogens with two attached hydrogens (primary N) is 1. The van der Waals surface area contributed by atoms with E-state index < -0.39 is 0 Å². The summed E-state index contributed by atoms with van der Waals surface area (Å²) in [7, 11) is 0. The molecule has 2 rings (SSSR count). The molecule has 1 unspecified atom stereocenters. The van der Waals surface area contributed by atoms with Gasteiger partial charge in [-0.25, -0.2) is 0 Å². The number of piperazine rings is 1. The zero-order valence-electron chi connectivity index (χ0n) is 10.5. The van der Waals surface area contributed by atoms with Crippen LogP contribution in [0.15, 0.2) is 24.3 Å². The lowest BCUT2D eigenvalue weighted by Crippen LogP contribution is -2.53. The minimum atomic E-state index is -0.258. The summed E-state index contributed by atoms with van der Waals surface area (Å²) in [5.41, 5.74) is 6.45. The largest absolute Gasteiger partial charge is 0.369 e. The normalized spacial score (nSPS) is 18.7. The SMILES string of the molecule is CC(C(N)=O)N1CCN(c2cccc(Cl)c2)CC1. The van der Waals surface area contributed by atoms with Crippen molar-refractivity contribution in [1.82, 2.24) is 4.90 Å². The summed E-state index contributed by atoms with van der Waals surface area (Å²) in [4.78, 5) is 15.5. The van der Waals surface area contributed by atoms with E-state index in [1.165, 1.54) is 0 Å². The molecule has 1 aromatic rings. The van der Waals surface area contributed by atoms with Gasteiger partial charge in [0.15, 0.2) is 0 Å². The lowest BCUT2D eigenvalue weighted by atomic mass is 10.2. The maximum absolute atomic E-state index is 11.1. The van der Waals surface area contributed by atoms with Crippen LogP contribution in [0.4, 0.5) is 5.69 Å². The van der Waals surface area contributed by atoms with E-state index in [0.29, 0.717) is 0 Å². The lowest BCUT2D eigenvalue weighted by Gasteiger charge is -2.38. The fraction of sp³-hybridized carbons (Fsp3) is 0.462. The van der Waals surface area contributed by atoms with Crippen molar-refractivity contribution in [2.75, 3.05) is 31.1 Å². The van der Waals surface area contributed by atoms with Crippen LogP contribution in [0.1, 0.15) is 6.92 Å². The molecule has 2 N–H and O–H groups in total. The number of primary amides is 1. The van der Waals surface area contributed by atoms with Crippen LogP contribution in [-0.2, 0) is 4.79 Å². The third-order valence-electron chi connectivity index (χ3n) is 3.45. The fourth-order valence-electron chi connectivity index (χ4n) is 2.22. The molecular weight excluding hydrogens is 250 g/mol. The van der Waals surface area contributed by atoms with E-state index >= 15 is 0 Å². The number of nitrogens with zero attached hydrogens (tertiary/aromatic N) is 2. The number of carbonyl (C=O) groups is 1. The van der Waals surface area contributed by atoms with E-state index in [9.17, 15) is 4.79 Å². The summed E-state index contributed by atoms with van der Waals surface area (Å²) in [5.74, 6) is -0.258. The van der Waals surface area contributed by atoms with Crippen LogP contribution in [0.2, 0.25) is 5.02 Å². The number of hydrogen-bond donors (Lipinski definition) is 1. The number of halogens is 1. The number of carbonyl (C=O) groups excluding carboxylic acids is 1. The van der Waals surface area contributed by atoms with Crippen LogP contribution in [0, 0.1) is 0 Å². The van der Waals surface area contributed by atoms with Gasteiger partial charge in [0.05, 0.1) is 6.04 Å². The molecule has 1 heterocycles. The molecule has 1 amide bonds. The summed E-state index contributed by atoms with van der Waals surface area (Å²) in [5, 5.41) is 0.750. The second-order valence-electron chi connectivity index (χ2n) is 4.58. The molecule has 0 spiro atoms. The summed E-state index contributed by atoms with van der Waals surface area (Å²) in [6.45, 7) is 5.32. The standard InChI is InChI=1S/C13H18ClN3O/c1-10(13(15)18)16-5-7-17(8-6-16)12-4-2-3-11(14)9-12/h2-4,9-10H,5-8H2,1H3,(H2,15,18). The maximum atomic E-state index is 11.1. The Labute approximate surface area is 112 Å². The summed E-state index contributed by atoms with van der Waals surface area (Å²) in [6, 6.07) is 7.66. The van der Waals surface area contributed by atoms with Gasteiger partial charge in [0.25, 0.3) is 0 Å². The first-order valence-corrected chi connectivity index (χ1v) is 6.49. The number of amides is 1. The van der Waals surface area contributed by atoms with Crippen LogP contribution >= 0.6 is 11.6 Å². The van der Waals surface area contributed by atoms with E-state index in [0.717, 1.165) is 36.9 Å². The lowest BCUT2D eigenvalue weighted by molar-refractivity contribution is -0.122. The molecule has 98 valence electrons. The molecular formula is C13H18ClN3O. The first-order valence-electron chi connectivity index (χ1n) is 6.12. The van der Waals surface area contributed by atoms with Gasteiger partial charge in [-0.3, -0.25) is 9.69 Å². The van der Waals surface area contributed by atoms with Crippen LogP contribution < -0.4 is 10.6 Å². The van der Waals surface area contributed by atoms with E-state index in [1.54, 1.807) is 0 Å². The molecule has 0 radical (unpaired) electrons. The van der Waals surface area contributed by atoms with Crippen LogP contribution in [0.3, 0.4) is 0 Å². The predicted molar refractivity (Wildman–Crippen MR) is 73.9 cm³/mol. The van der Waals surface area contributed by atoms with E-state index in [1.807, 2.05) is 25.1 Å². The molecule has 1 fully saturated rings. The number of hydrogen-bond acceptors (Lipinski definition) is 3. The molecule has 4 nitrogen and oxygen atoms in total. The highest BCUT2D eigenvalue weighted by Gasteiger charge is 2.24. The third kappa shape index (κ3) is 2.94. The Morgan fingerprint density at radius 1 is 1.33 bits per heavy atom. The predicted octanol–water partition coefficient (Wildman–Crippen LogP) is 1.34. The number of rotatable bonds is 3. The minimum Gasteiger partial charge on any atom is -0.369 e. The van der Waals surface area contributed by atoms with Crippen LogP contribution in [0.25, 0.3) is 0 Å². The fourth-order valence-corrected chi connectivity index (χ4v) is 2.40. The van der Waals surface area contributed by atoms with Crippen molar-refractivity contribution in [3.05, 3.63) is 29.3 Å². The molecule has 1 saturated heterocycles. The molecule has 0 bridgehead atoms. The van der Waals surface area contributed by atoms with Crippen LogP contribution in [0.5, 0.6) is 0 Å². The Balaban J connectivity index is 1.96. The third-order valence-corrected chi connectivity index (χ3v) is 3.68. The second kappa shape index (κ2) is 5.59. The van der Waals surface area contributed by atoms with Gasteiger partial charge in [0.1, 0.15) is 0 Å². The summed E-state index contributed by atoms with van der Waals surface area (Å²) < 4.78 is 0. The average Bonchev–Trinajstić information content (AvgIpc) is 2.38. The Bertz CT molecular complexity index is 430. The van der Waals surface area contributed by atoms with Crippen molar-refractivity contribution in [2.45, 2.75) is 13.0 Å². The van der Waals surface area contributed by atoms with Gasteiger partial charge in [0.2, 0.25) is 5.91 Å². The van der Waals surface area contributed by atoms with E-state index in [2.05, 4.69) is 15.9 Å². The van der Waals surface area contributed by atoms with Gasteiger partial charge in [-0.1, -0.05) is 17.7 Å². The molecule has 1 atom stereocenters. The van der Waals surface area contributed by atoms with Crippen molar-refractivity contribution < 1.29 is 4.79 Å². The van der Waals surface area contributed by atoms with Crippen molar-refractivity contribution in [1.29, 1.82) is 0 Å². The smallest absolute Gasteiger partial charge is 0.234 e. The zero-order valence-corrected chi connectivity index (χ0v) is 11.2. The highest BCUT2D eigenvalue weighted by atomic mass is 35.5. The topological polar surface area (TPSA) is 49.6 Å². The number of anilines is 1. The number of benzene rings is 1. The average molecular weight is 268 g/mol. The Kier molecular flexibility index (Phi) is 4.09. The molecule has 5 heteroatoms. The molecule has 0 saturated carbocycles. The second-order valence-corrected chi connectivity index (χ2v) is 5.02. The minimum absolute atomic E-state index is 0.188. The molecule has 18 heavy (non-hydrogen) atoms. The zero-order chi connectivity index (χ0) is 13.1. The van der Waals surface area contributed by atoms with Gasteiger partial charge < -0.3 is 10.6 Å². The monoisotopic (exact) mass is 267 g/mol. The molecule has 0 aromatic heterocycles. The quantitative estimate of drug-likeness (QED) is 0.899. The Morgan fingerprint density at radius 3 is 2.56 bits per heavy atom. The molecule has 1 aromatic carbocycles. The van der Waals surface area contributed by atoms with Crippen molar-refractivity contribution in [2.24, 2.45) is 5.73 Å². The molecule has 1 aliphatic rings. The highest BCUT2D eigenvalue weighted by molar-refractivity contribution is 6.30. The van der Waals surface area contributed by atoms with E-state index in [-0.39, 0.29) is 11.9 Å². The van der Waals surface area contributed by atoms with Crippen molar-refractivity contribution >= 4 is 23.2 Å². The summed E-state index contributed by atoms with van der Waals surface area (Å²) >= 11 is 5.99. The first kappa shape index (κ1) is 13.2. The van der Waals surface area contributed by atoms with Crippen molar-refractivity contribution in [3.63, 3.8) is 0 Å². The van der Waals surface area contributed by atoms with Gasteiger partial charge in [-0.05, 0) is 25.1 Å². The first-order chi connectivity index (χ1) is 8.58. The van der Waals surface area contributed by atoms with Crippen LogP contribution in [-0.4, -0.2) is 43.0 Å². The van der Waals surface area contributed by atoms with Gasteiger partial charge in [-0.2, -0.15) is 0 Å². The van der Waals surface area contributed by atoms with Gasteiger partial charge in [0, 0.05) is 36.9 Å². The Morgan fingerprint density at radius 2 is 2.00 bits per heavy atom.